The van der Waals surface area contributed by atoms with Gasteiger partial charge in [-0.2, -0.15) is 21.0 Å². The first-order valence-electron chi connectivity index (χ1n) is 18.9. The van der Waals surface area contributed by atoms with Gasteiger partial charge >= 0.3 is 0 Å². The van der Waals surface area contributed by atoms with Crippen molar-refractivity contribution in [2.45, 2.75) is 5.41 Å². The number of hydrogen-bond donors (Lipinski definition) is 0. The highest BCUT2D eigenvalue weighted by Gasteiger charge is 2.46. The van der Waals surface area contributed by atoms with E-state index >= 15 is 17.6 Å². The lowest BCUT2D eigenvalue weighted by Crippen LogP contribution is -2.29. The molecule has 0 aliphatic heterocycles. The van der Waals surface area contributed by atoms with E-state index in [1.165, 1.54) is 24.3 Å². The van der Waals surface area contributed by atoms with Crippen molar-refractivity contribution in [2.24, 2.45) is 0 Å². The van der Waals surface area contributed by atoms with Crippen molar-refractivity contribution in [2.75, 3.05) is 0 Å². The molecule has 0 spiro atoms. The first-order valence-corrected chi connectivity index (χ1v) is 18.9. The molecule has 0 saturated carbocycles. The average molecular weight is 795 g/mol. The lowest BCUT2D eigenvalue weighted by Gasteiger charge is -2.35. The smallest absolute Gasteiger partial charge is 0.125 e. The molecule has 61 heavy (non-hydrogen) atoms. The van der Waals surface area contributed by atoms with Gasteiger partial charge in [0, 0.05) is 0 Å². The number of halogens is 4. The van der Waals surface area contributed by atoms with Crippen LogP contribution in [-0.2, 0) is 5.41 Å². The summed E-state index contributed by atoms with van der Waals surface area (Å²) < 4.78 is 61.0. The van der Waals surface area contributed by atoms with E-state index in [-0.39, 0.29) is 22.3 Å². The zero-order valence-electron chi connectivity index (χ0n) is 31.8. The molecule has 9 rings (SSSR count). The van der Waals surface area contributed by atoms with Crippen LogP contribution in [0.15, 0.2) is 158 Å². The number of hydrogen-bond acceptors (Lipinski definition) is 4. The van der Waals surface area contributed by atoms with Crippen LogP contribution >= 0.6 is 0 Å². The van der Waals surface area contributed by atoms with E-state index in [4.69, 9.17) is 0 Å². The molecule has 8 heteroatoms. The number of benzene rings is 8. The van der Waals surface area contributed by atoms with Gasteiger partial charge in [0.05, 0.1) is 51.9 Å². The van der Waals surface area contributed by atoms with Crippen LogP contribution < -0.4 is 0 Å². The van der Waals surface area contributed by atoms with Crippen LogP contribution in [0.5, 0.6) is 0 Å². The van der Waals surface area contributed by atoms with Crippen LogP contribution in [0.4, 0.5) is 17.6 Å². The molecule has 0 atom stereocenters. The van der Waals surface area contributed by atoms with E-state index in [1.807, 2.05) is 97.1 Å². The summed E-state index contributed by atoms with van der Waals surface area (Å²) in [4.78, 5) is 0. The molecule has 0 bridgehead atoms. The van der Waals surface area contributed by atoms with Crippen LogP contribution in [0, 0.1) is 68.6 Å². The van der Waals surface area contributed by atoms with Crippen molar-refractivity contribution in [1.29, 1.82) is 21.0 Å². The largest absolute Gasteiger partial charge is 0.207 e. The molecule has 8 aromatic carbocycles. The Hall–Kier alpha value is -8.56. The molecule has 286 valence electrons. The summed E-state index contributed by atoms with van der Waals surface area (Å²) in [5.41, 5.74) is 7.17. The zero-order valence-corrected chi connectivity index (χ0v) is 31.8. The Kier molecular flexibility index (Phi) is 9.33. The van der Waals surface area contributed by atoms with Gasteiger partial charge in [0.1, 0.15) is 23.3 Å². The Morgan fingerprint density at radius 1 is 0.311 bits per heavy atom. The van der Waals surface area contributed by atoms with Gasteiger partial charge in [-0.05, 0) is 187 Å². The number of nitriles is 4. The van der Waals surface area contributed by atoms with E-state index in [9.17, 15) is 21.0 Å². The molecule has 0 amide bonds. The highest BCUT2D eigenvalue weighted by atomic mass is 19.1. The third kappa shape index (κ3) is 6.66. The van der Waals surface area contributed by atoms with Gasteiger partial charge in [0.25, 0.3) is 0 Å². The minimum Gasteiger partial charge on any atom is -0.207 e. The predicted octanol–water partition coefficient (Wildman–Crippen LogP) is 12.8. The summed E-state index contributed by atoms with van der Waals surface area (Å²) in [6.45, 7) is 0. The van der Waals surface area contributed by atoms with Crippen molar-refractivity contribution < 1.29 is 17.6 Å². The normalized spacial score (nSPS) is 12.0. The molecule has 0 unspecified atom stereocenters. The summed E-state index contributed by atoms with van der Waals surface area (Å²) in [6, 6.07) is 50.8. The third-order valence-corrected chi connectivity index (χ3v) is 11.1. The molecule has 0 saturated heterocycles. The molecule has 0 fully saturated rings. The molecule has 8 aromatic rings. The predicted molar refractivity (Wildman–Crippen MR) is 224 cm³/mol. The molecule has 4 nitrogen and oxygen atoms in total. The van der Waals surface area contributed by atoms with Gasteiger partial charge in [-0.15, -0.1) is 0 Å². The molecular formula is C53H26F4N4. The van der Waals surface area contributed by atoms with Gasteiger partial charge in [-0.25, -0.2) is 17.6 Å². The van der Waals surface area contributed by atoms with Crippen LogP contribution in [-0.4, -0.2) is 0 Å². The second-order valence-electron chi connectivity index (χ2n) is 14.8. The monoisotopic (exact) mass is 794 g/mol. The topological polar surface area (TPSA) is 95.2 Å². The fraction of sp³-hybridized carbons (Fsp3) is 0.0189. The van der Waals surface area contributed by atoms with Crippen molar-refractivity contribution in [3.8, 4) is 79.9 Å². The van der Waals surface area contributed by atoms with Crippen LogP contribution in [0.3, 0.4) is 0 Å². The average Bonchev–Trinajstić information content (AvgIpc) is 3.59. The minimum absolute atomic E-state index is 0.0850. The third-order valence-electron chi connectivity index (χ3n) is 11.1. The maximum absolute atomic E-state index is 15.3. The summed E-state index contributed by atoms with van der Waals surface area (Å²) in [6.07, 6.45) is 0. The standard InChI is InChI=1S/C53H26F4N4/c54-45-13-31(27-58)9-35(23-45)39-17-40(36-10-32(28-59)14-46(55)24-36)20-43(19-39)53(51-7-3-1-5-49(51)50-6-2-4-8-52(50)53)44-21-41(37-11-33(29-60)15-47(56)25-37)18-42(22-44)38-12-34(30-61)16-48(57)26-38/h1-26H. The Morgan fingerprint density at radius 2 is 0.574 bits per heavy atom. The van der Waals surface area contributed by atoms with Crippen molar-refractivity contribution in [1.82, 2.24) is 0 Å². The highest BCUT2D eigenvalue weighted by Crippen LogP contribution is 2.57. The summed E-state index contributed by atoms with van der Waals surface area (Å²) in [7, 11) is 0. The van der Waals surface area contributed by atoms with Gasteiger partial charge in [0.2, 0.25) is 0 Å². The van der Waals surface area contributed by atoms with Crippen molar-refractivity contribution >= 4 is 0 Å². The quantitative estimate of drug-likeness (QED) is 0.157. The Bertz CT molecular complexity index is 2940. The van der Waals surface area contributed by atoms with Gasteiger partial charge in [-0.1, -0.05) is 48.5 Å². The molecule has 1 aliphatic rings. The van der Waals surface area contributed by atoms with E-state index in [1.54, 1.807) is 36.4 Å². The Labute approximate surface area is 348 Å². The summed E-state index contributed by atoms with van der Waals surface area (Å²) >= 11 is 0. The maximum Gasteiger partial charge on any atom is 0.125 e. The second kappa shape index (κ2) is 15.0. The highest BCUT2D eigenvalue weighted by molar-refractivity contribution is 5.89. The first-order chi connectivity index (χ1) is 29.6. The van der Waals surface area contributed by atoms with E-state index < -0.39 is 28.7 Å². The molecule has 1 aliphatic carbocycles. The van der Waals surface area contributed by atoms with Crippen LogP contribution in [0.1, 0.15) is 44.5 Å². The number of nitrogens with zero attached hydrogens (tertiary/aromatic N) is 4. The van der Waals surface area contributed by atoms with Gasteiger partial charge < -0.3 is 0 Å². The second-order valence-corrected chi connectivity index (χ2v) is 14.8. The molecular weight excluding hydrogens is 769 g/mol. The fourth-order valence-electron chi connectivity index (χ4n) is 8.66. The van der Waals surface area contributed by atoms with Gasteiger partial charge in [0.15, 0.2) is 0 Å². The first kappa shape index (κ1) is 38.0. The van der Waals surface area contributed by atoms with Crippen molar-refractivity contribution in [3.05, 3.63) is 226 Å². The van der Waals surface area contributed by atoms with Crippen molar-refractivity contribution in [3.63, 3.8) is 0 Å². The van der Waals surface area contributed by atoms with E-state index in [0.29, 0.717) is 55.6 Å². The Morgan fingerprint density at radius 3 is 0.852 bits per heavy atom. The molecule has 0 heterocycles. The molecule has 0 radical (unpaired) electrons. The molecule has 0 N–H and O–H groups in total. The maximum atomic E-state index is 15.3. The lowest BCUT2D eigenvalue weighted by atomic mass is 9.66. The number of fused-ring (bicyclic) bond motifs is 3. The van der Waals surface area contributed by atoms with Crippen LogP contribution in [0.25, 0.3) is 55.6 Å². The number of rotatable bonds is 6. The van der Waals surface area contributed by atoms with Crippen LogP contribution in [0.2, 0.25) is 0 Å². The van der Waals surface area contributed by atoms with E-state index in [0.717, 1.165) is 46.5 Å². The SMILES string of the molecule is N#Cc1cc(F)cc(-c2cc(-c3cc(F)cc(C#N)c3)cc(C3(c4cc(-c5cc(F)cc(C#N)c5)cc(-c5cc(F)cc(C#N)c5)c4)c4ccccc4-c4ccccc43)c2)c1. The lowest BCUT2D eigenvalue weighted by molar-refractivity contribution is 0.627. The van der Waals surface area contributed by atoms with Gasteiger partial charge in [-0.3, -0.25) is 0 Å². The molecule has 0 aromatic heterocycles. The fourth-order valence-corrected chi connectivity index (χ4v) is 8.66. The summed E-state index contributed by atoms with van der Waals surface area (Å²) in [5, 5.41) is 39.4. The Balaban J connectivity index is 1.46. The minimum atomic E-state index is -1.25. The van der Waals surface area contributed by atoms with E-state index in [2.05, 4.69) is 0 Å². The summed E-state index contributed by atoms with van der Waals surface area (Å²) in [5.74, 6) is -2.55. The zero-order chi connectivity index (χ0) is 42.4.